The summed E-state index contributed by atoms with van der Waals surface area (Å²) in [6.07, 6.45) is -2.87. The molecule has 2 N–H and O–H groups in total. The number of pyridine rings is 1. The summed E-state index contributed by atoms with van der Waals surface area (Å²) in [6.45, 7) is 1.63. The maximum Gasteiger partial charge on any atom is 0.344 e. The molecule has 0 aliphatic rings. The number of anilines is 1. The third-order valence-electron chi connectivity index (χ3n) is 1.94. The number of nitrogens with zero attached hydrogens (tertiary/aromatic N) is 1. The average Bonchev–Trinajstić information content (AvgIpc) is 2.27. The van der Waals surface area contributed by atoms with Crippen LogP contribution >= 0.6 is 0 Å². The van der Waals surface area contributed by atoms with Crippen molar-refractivity contribution in [1.29, 1.82) is 0 Å². The van der Waals surface area contributed by atoms with E-state index in [9.17, 15) is 13.6 Å². The zero-order valence-electron chi connectivity index (χ0n) is 9.37. The third-order valence-corrected chi connectivity index (χ3v) is 1.94. The van der Waals surface area contributed by atoms with Gasteiger partial charge in [0.1, 0.15) is 11.4 Å². The molecule has 0 aliphatic heterocycles. The summed E-state index contributed by atoms with van der Waals surface area (Å²) in [6, 6.07) is 0.930. The van der Waals surface area contributed by atoms with Crippen molar-refractivity contribution in [2.75, 3.05) is 19.5 Å². The van der Waals surface area contributed by atoms with Gasteiger partial charge in [-0.2, -0.15) is 4.98 Å². The highest BCUT2D eigenvalue weighted by molar-refractivity contribution is 5.94. The number of rotatable bonds is 4. The van der Waals surface area contributed by atoms with Crippen molar-refractivity contribution in [3.05, 3.63) is 17.2 Å². The van der Waals surface area contributed by atoms with Gasteiger partial charge in [-0.3, -0.25) is 0 Å². The number of aromatic nitrogens is 1. The number of nitrogen functional groups attached to an aromatic ring is 1. The molecule has 5 nitrogen and oxygen atoms in total. The van der Waals surface area contributed by atoms with E-state index in [4.69, 9.17) is 10.5 Å². The van der Waals surface area contributed by atoms with Gasteiger partial charge in [0, 0.05) is 5.56 Å². The standard InChI is InChI=1S/C10H12F2N2O3/c1-3-17-10(15)7-5(8(11)12)4-6(13)14-9(7)16-2/h4,8H,3H2,1-2H3,(H2,13,14). The van der Waals surface area contributed by atoms with Gasteiger partial charge in [0.05, 0.1) is 13.7 Å². The molecule has 0 atom stereocenters. The Kier molecular flexibility index (Phi) is 4.19. The number of halogens is 2. The van der Waals surface area contributed by atoms with Gasteiger partial charge in [0.25, 0.3) is 6.43 Å². The van der Waals surface area contributed by atoms with Crippen molar-refractivity contribution in [2.45, 2.75) is 13.3 Å². The van der Waals surface area contributed by atoms with E-state index in [1.165, 1.54) is 7.11 Å². The Morgan fingerprint density at radius 3 is 2.71 bits per heavy atom. The fourth-order valence-corrected chi connectivity index (χ4v) is 1.29. The summed E-state index contributed by atoms with van der Waals surface area (Å²) in [5.74, 6) is -1.32. The molecule has 94 valence electrons. The smallest absolute Gasteiger partial charge is 0.344 e. The second kappa shape index (κ2) is 5.42. The van der Waals surface area contributed by atoms with E-state index in [0.717, 1.165) is 6.07 Å². The van der Waals surface area contributed by atoms with Crippen molar-refractivity contribution < 1.29 is 23.0 Å². The Morgan fingerprint density at radius 2 is 2.24 bits per heavy atom. The van der Waals surface area contributed by atoms with Gasteiger partial charge in [-0.1, -0.05) is 0 Å². The molecule has 0 fully saturated rings. The molecular weight excluding hydrogens is 234 g/mol. The largest absolute Gasteiger partial charge is 0.480 e. The lowest BCUT2D eigenvalue weighted by molar-refractivity contribution is 0.0510. The predicted octanol–water partition coefficient (Wildman–Crippen LogP) is 1.79. The van der Waals surface area contributed by atoms with Crippen LogP contribution in [0.25, 0.3) is 0 Å². The van der Waals surface area contributed by atoms with E-state index in [0.29, 0.717) is 0 Å². The summed E-state index contributed by atoms with van der Waals surface area (Å²) in [4.78, 5) is 15.2. The average molecular weight is 246 g/mol. The van der Waals surface area contributed by atoms with E-state index >= 15 is 0 Å². The normalized spacial score (nSPS) is 10.4. The van der Waals surface area contributed by atoms with Crippen LogP contribution in [0.15, 0.2) is 6.07 Å². The molecule has 0 radical (unpaired) electrons. The summed E-state index contributed by atoms with van der Waals surface area (Å²) in [5.41, 5.74) is 4.40. The lowest BCUT2D eigenvalue weighted by Gasteiger charge is -2.12. The van der Waals surface area contributed by atoms with Gasteiger partial charge in [-0.15, -0.1) is 0 Å². The van der Waals surface area contributed by atoms with Crippen LogP contribution in [0.1, 0.15) is 29.3 Å². The van der Waals surface area contributed by atoms with Crippen LogP contribution in [0.2, 0.25) is 0 Å². The summed E-state index contributed by atoms with van der Waals surface area (Å²) < 4.78 is 35.0. The molecular formula is C10H12F2N2O3. The molecule has 7 heteroatoms. The minimum absolute atomic E-state index is 0.0645. The Morgan fingerprint density at radius 1 is 1.59 bits per heavy atom. The van der Waals surface area contributed by atoms with E-state index in [2.05, 4.69) is 9.72 Å². The van der Waals surface area contributed by atoms with Crippen LogP contribution in [-0.2, 0) is 4.74 Å². The maximum atomic E-state index is 12.8. The molecule has 0 spiro atoms. The third kappa shape index (κ3) is 2.80. The van der Waals surface area contributed by atoms with Crippen molar-refractivity contribution in [3.8, 4) is 5.88 Å². The molecule has 0 aliphatic carbocycles. The Labute approximate surface area is 96.5 Å². The fraction of sp³-hybridized carbons (Fsp3) is 0.400. The highest BCUT2D eigenvalue weighted by atomic mass is 19.3. The van der Waals surface area contributed by atoms with Gasteiger partial charge in [-0.25, -0.2) is 13.6 Å². The second-order valence-corrected chi connectivity index (χ2v) is 3.04. The molecule has 0 bridgehead atoms. The van der Waals surface area contributed by atoms with Crippen LogP contribution in [0.3, 0.4) is 0 Å². The van der Waals surface area contributed by atoms with Gasteiger partial charge >= 0.3 is 5.97 Å². The Balaban J connectivity index is 3.36. The highest BCUT2D eigenvalue weighted by Crippen LogP contribution is 2.30. The van der Waals surface area contributed by atoms with Crippen molar-refractivity contribution in [3.63, 3.8) is 0 Å². The van der Waals surface area contributed by atoms with Crippen LogP contribution in [0.4, 0.5) is 14.6 Å². The van der Waals surface area contributed by atoms with Crippen LogP contribution < -0.4 is 10.5 Å². The number of carbonyl (C=O) groups excluding carboxylic acids is 1. The Hall–Kier alpha value is -1.92. The monoisotopic (exact) mass is 246 g/mol. The first-order valence-electron chi connectivity index (χ1n) is 4.80. The lowest BCUT2D eigenvalue weighted by atomic mass is 10.1. The Bertz CT molecular complexity index is 424. The van der Waals surface area contributed by atoms with Gasteiger partial charge in [0.2, 0.25) is 5.88 Å². The lowest BCUT2D eigenvalue weighted by Crippen LogP contribution is -2.13. The number of nitrogens with two attached hydrogens (primary N) is 1. The van der Waals surface area contributed by atoms with E-state index in [1.54, 1.807) is 6.92 Å². The fourth-order valence-electron chi connectivity index (χ4n) is 1.29. The minimum Gasteiger partial charge on any atom is -0.480 e. The van der Waals surface area contributed by atoms with E-state index in [1.807, 2.05) is 0 Å². The van der Waals surface area contributed by atoms with Crippen molar-refractivity contribution in [2.24, 2.45) is 0 Å². The highest BCUT2D eigenvalue weighted by Gasteiger charge is 2.25. The van der Waals surface area contributed by atoms with Crippen LogP contribution in [0.5, 0.6) is 5.88 Å². The topological polar surface area (TPSA) is 74.4 Å². The second-order valence-electron chi connectivity index (χ2n) is 3.04. The number of esters is 1. The number of hydrogen-bond donors (Lipinski definition) is 1. The molecule has 0 amide bonds. The predicted molar refractivity (Wildman–Crippen MR) is 56.1 cm³/mol. The first kappa shape index (κ1) is 13.1. The van der Waals surface area contributed by atoms with Gasteiger partial charge in [-0.05, 0) is 13.0 Å². The van der Waals surface area contributed by atoms with Gasteiger partial charge in [0.15, 0.2) is 0 Å². The quantitative estimate of drug-likeness (QED) is 0.820. The SMILES string of the molecule is CCOC(=O)c1c(C(F)F)cc(N)nc1OC. The zero-order chi connectivity index (χ0) is 13.0. The molecule has 1 heterocycles. The molecule has 0 aromatic carbocycles. The molecule has 17 heavy (non-hydrogen) atoms. The minimum atomic E-state index is -2.87. The van der Waals surface area contributed by atoms with Gasteiger partial charge < -0.3 is 15.2 Å². The number of hydrogen-bond acceptors (Lipinski definition) is 5. The molecule has 0 saturated carbocycles. The van der Waals surface area contributed by atoms with Crippen molar-refractivity contribution >= 4 is 11.8 Å². The van der Waals surface area contributed by atoms with E-state index in [-0.39, 0.29) is 18.3 Å². The molecule has 1 aromatic rings. The molecule has 0 unspecified atom stereocenters. The van der Waals surface area contributed by atoms with Crippen molar-refractivity contribution in [1.82, 2.24) is 4.98 Å². The van der Waals surface area contributed by atoms with Crippen LogP contribution in [0, 0.1) is 0 Å². The zero-order valence-corrected chi connectivity index (χ0v) is 9.37. The molecule has 1 aromatic heterocycles. The summed E-state index contributed by atoms with van der Waals surface area (Å²) in [5, 5.41) is 0. The van der Waals surface area contributed by atoms with Crippen LogP contribution in [-0.4, -0.2) is 24.7 Å². The molecule has 1 rings (SSSR count). The number of ether oxygens (including phenoxy) is 2. The summed E-state index contributed by atoms with van der Waals surface area (Å²) >= 11 is 0. The van der Waals surface area contributed by atoms with E-state index < -0.39 is 23.5 Å². The number of carbonyl (C=O) groups is 1. The number of methoxy groups -OCH3 is 1. The summed E-state index contributed by atoms with van der Waals surface area (Å²) in [7, 11) is 1.21. The number of alkyl halides is 2. The maximum absolute atomic E-state index is 12.8. The first-order chi connectivity index (χ1) is 8.01. The molecule has 0 saturated heterocycles. The first-order valence-corrected chi connectivity index (χ1v) is 4.80.